The second kappa shape index (κ2) is 11.5. The van der Waals surface area contributed by atoms with Crippen molar-refractivity contribution >= 4 is 5.91 Å². The number of benzene rings is 1. The smallest absolute Gasteiger partial charge is 0.259 e. The Morgan fingerprint density at radius 3 is 2.71 bits per heavy atom. The van der Waals surface area contributed by atoms with E-state index in [-0.39, 0.29) is 42.3 Å². The van der Waals surface area contributed by atoms with Crippen LogP contribution in [0.2, 0.25) is 0 Å². The van der Waals surface area contributed by atoms with Gasteiger partial charge >= 0.3 is 0 Å². The van der Waals surface area contributed by atoms with Crippen molar-refractivity contribution < 1.29 is 23.8 Å². The van der Waals surface area contributed by atoms with Crippen molar-refractivity contribution in [2.45, 2.75) is 38.8 Å². The van der Waals surface area contributed by atoms with Crippen LogP contribution in [-0.2, 0) is 4.74 Å². The molecule has 1 aromatic carbocycles. The molecule has 1 N–H and O–H groups in total. The molecule has 1 amide bonds. The lowest BCUT2D eigenvalue weighted by Gasteiger charge is -2.38. The number of likely N-dealkylation sites (N-methyl/N-ethyl adjacent to an activating group) is 1. The van der Waals surface area contributed by atoms with Gasteiger partial charge < -0.3 is 24.4 Å². The number of pyridine rings is 1. The first-order valence-electron chi connectivity index (χ1n) is 12.5. The number of fused-ring (bicyclic) bond motifs is 1. The predicted molar refractivity (Wildman–Crippen MR) is 132 cm³/mol. The highest BCUT2D eigenvalue weighted by atomic mass is 19.1. The lowest BCUT2D eigenvalue weighted by Crippen LogP contribution is -2.50. The van der Waals surface area contributed by atoms with Gasteiger partial charge in [-0.1, -0.05) is 19.1 Å². The van der Waals surface area contributed by atoms with Crippen molar-refractivity contribution in [3.05, 3.63) is 47.9 Å². The van der Waals surface area contributed by atoms with Crippen molar-refractivity contribution in [2.75, 3.05) is 46.5 Å². The Morgan fingerprint density at radius 2 is 2.00 bits per heavy atom. The summed E-state index contributed by atoms with van der Waals surface area (Å²) in [4.78, 5) is 22.1. The Hall–Kier alpha value is -2.55. The molecule has 1 aromatic heterocycles. The molecule has 0 unspecified atom stereocenters. The summed E-state index contributed by atoms with van der Waals surface area (Å²) in [6, 6.07) is 7.58. The van der Waals surface area contributed by atoms with E-state index >= 15 is 0 Å². The minimum absolute atomic E-state index is 0.0305. The SMILES string of the molecule is C[C@@H]1CN([C@@H](C)CO)C(=O)c2cc(-c3cccc(F)c3)cnc2O[C@H]1CN(C)CC1CCOCC1. The van der Waals surface area contributed by atoms with Crippen LogP contribution in [0.3, 0.4) is 0 Å². The number of hydrogen-bond acceptors (Lipinski definition) is 6. The van der Waals surface area contributed by atoms with Gasteiger partial charge in [-0.25, -0.2) is 9.37 Å². The Balaban J connectivity index is 1.62. The highest BCUT2D eigenvalue weighted by molar-refractivity contribution is 5.98. The van der Waals surface area contributed by atoms with E-state index < -0.39 is 0 Å². The Labute approximate surface area is 206 Å². The van der Waals surface area contributed by atoms with Crippen LogP contribution < -0.4 is 4.74 Å². The predicted octanol–water partition coefficient (Wildman–Crippen LogP) is 3.47. The van der Waals surface area contributed by atoms with Crippen molar-refractivity contribution in [2.24, 2.45) is 11.8 Å². The van der Waals surface area contributed by atoms with Gasteiger partial charge in [-0.15, -0.1) is 0 Å². The van der Waals surface area contributed by atoms with Gasteiger partial charge in [-0.2, -0.15) is 0 Å². The van der Waals surface area contributed by atoms with E-state index in [4.69, 9.17) is 9.47 Å². The molecule has 1 fully saturated rings. The van der Waals surface area contributed by atoms with Crippen molar-refractivity contribution in [3.8, 4) is 17.0 Å². The lowest BCUT2D eigenvalue weighted by atomic mass is 9.97. The first-order chi connectivity index (χ1) is 16.9. The summed E-state index contributed by atoms with van der Waals surface area (Å²) in [5.74, 6) is 0.315. The number of nitrogens with zero attached hydrogens (tertiary/aromatic N) is 3. The number of aliphatic hydroxyl groups is 1. The number of hydrogen-bond donors (Lipinski definition) is 1. The van der Waals surface area contributed by atoms with Crippen LogP contribution in [0.1, 0.15) is 37.0 Å². The molecule has 0 saturated carbocycles. The summed E-state index contributed by atoms with van der Waals surface area (Å²) in [7, 11) is 2.10. The van der Waals surface area contributed by atoms with E-state index in [9.17, 15) is 14.3 Å². The second-order valence-corrected chi connectivity index (χ2v) is 9.99. The molecule has 0 spiro atoms. The monoisotopic (exact) mass is 485 g/mol. The number of aromatic nitrogens is 1. The van der Waals surface area contributed by atoms with Crippen LogP contribution in [0.5, 0.6) is 5.88 Å². The summed E-state index contributed by atoms with van der Waals surface area (Å²) in [5.41, 5.74) is 1.60. The van der Waals surface area contributed by atoms with Gasteiger partial charge in [0.1, 0.15) is 17.5 Å². The summed E-state index contributed by atoms with van der Waals surface area (Å²) in [6.07, 6.45) is 3.56. The largest absolute Gasteiger partial charge is 0.472 e. The molecule has 2 aliphatic rings. The molecule has 2 aliphatic heterocycles. The summed E-state index contributed by atoms with van der Waals surface area (Å²) < 4.78 is 25.7. The zero-order valence-corrected chi connectivity index (χ0v) is 20.8. The third-order valence-electron chi connectivity index (χ3n) is 7.08. The quantitative estimate of drug-likeness (QED) is 0.648. The number of ether oxygens (including phenoxy) is 2. The molecule has 4 rings (SSSR count). The molecule has 0 bridgehead atoms. The fourth-order valence-electron chi connectivity index (χ4n) is 4.90. The molecular weight excluding hydrogens is 449 g/mol. The Morgan fingerprint density at radius 1 is 1.23 bits per heavy atom. The van der Waals surface area contributed by atoms with E-state index in [2.05, 4.69) is 23.9 Å². The number of amides is 1. The first-order valence-corrected chi connectivity index (χ1v) is 12.5. The van der Waals surface area contributed by atoms with Crippen LogP contribution >= 0.6 is 0 Å². The molecule has 0 radical (unpaired) electrons. The maximum atomic E-state index is 13.8. The molecule has 7 nitrogen and oxygen atoms in total. The van der Waals surface area contributed by atoms with E-state index in [0.717, 1.165) is 32.6 Å². The topological polar surface area (TPSA) is 75.1 Å². The fraction of sp³-hybridized carbons (Fsp3) is 0.556. The fourth-order valence-corrected chi connectivity index (χ4v) is 4.90. The van der Waals surface area contributed by atoms with Gasteiger partial charge in [0, 0.05) is 50.5 Å². The normalized spacial score (nSPS) is 22.3. The van der Waals surface area contributed by atoms with E-state index in [1.54, 1.807) is 29.3 Å². The molecule has 2 aromatic rings. The van der Waals surface area contributed by atoms with Crippen LogP contribution in [0.4, 0.5) is 4.39 Å². The summed E-state index contributed by atoms with van der Waals surface area (Å²) >= 11 is 0. The van der Waals surface area contributed by atoms with Crippen LogP contribution in [0.15, 0.2) is 36.5 Å². The zero-order valence-electron chi connectivity index (χ0n) is 20.8. The van der Waals surface area contributed by atoms with Crippen molar-refractivity contribution in [1.29, 1.82) is 0 Å². The number of aliphatic hydroxyl groups excluding tert-OH is 1. The van der Waals surface area contributed by atoms with Crippen molar-refractivity contribution in [1.82, 2.24) is 14.8 Å². The highest BCUT2D eigenvalue weighted by Crippen LogP contribution is 2.30. The van der Waals surface area contributed by atoms with Crippen LogP contribution in [0.25, 0.3) is 11.1 Å². The Kier molecular flexibility index (Phi) is 8.36. The summed E-state index contributed by atoms with van der Waals surface area (Å²) in [5, 5.41) is 9.86. The standard InChI is InChI=1S/C27H36FN3O4/c1-18-14-31(19(2)17-32)27(33)24-12-22(21-5-4-6-23(28)11-21)13-29-26(24)35-25(18)16-30(3)15-20-7-9-34-10-8-20/h4-6,11-13,18-20,25,32H,7-10,14-17H2,1-3H3/t18-,19+,25+/m1/s1. The van der Waals surface area contributed by atoms with E-state index in [1.807, 2.05) is 6.92 Å². The Bertz CT molecular complexity index is 1010. The zero-order chi connectivity index (χ0) is 24.9. The van der Waals surface area contributed by atoms with Gasteiger partial charge in [-0.05, 0) is 56.5 Å². The number of halogens is 1. The average Bonchev–Trinajstić information content (AvgIpc) is 2.86. The van der Waals surface area contributed by atoms with Gasteiger partial charge in [0.2, 0.25) is 5.88 Å². The van der Waals surface area contributed by atoms with E-state index in [0.29, 0.717) is 35.7 Å². The van der Waals surface area contributed by atoms with Crippen molar-refractivity contribution in [3.63, 3.8) is 0 Å². The van der Waals surface area contributed by atoms with Gasteiger partial charge in [0.25, 0.3) is 5.91 Å². The lowest BCUT2D eigenvalue weighted by molar-refractivity contribution is 0.0254. The molecule has 1 saturated heterocycles. The maximum Gasteiger partial charge on any atom is 0.259 e. The van der Waals surface area contributed by atoms with Crippen LogP contribution in [-0.4, -0.2) is 84.4 Å². The van der Waals surface area contributed by atoms with Gasteiger partial charge in [0.05, 0.1) is 12.6 Å². The number of rotatable bonds is 7. The molecule has 0 aliphatic carbocycles. The molecule has 3 heterocycles. The highest BCUT2D eigenvalue weighted by Gasteiger charge is 2.34. The number of carbonyl (C=O) groups is 1. The second-order valence-electron chi connectivity index (χ2n) is 9.99. The molecule has 3 atom stereocenters. The first kappa shape index (κ1) is 25.5. The average molecular weight is 486 g/mol. The third-order valence-corrected chi connectivity index (χ3v) is 7.08. The summed E-state index contributed by atoms with van der Waals surface area (Å²) in [6.45, 7) is 7.52. The third kappa shape index (κ3) is 6.18. The van der Waals surface area contributed by atoms with E-state index in [1.165, 1.54) is 12.1 Å². The maximum absolute atomic E-state index is 13.8. The molecule has 35 heavy (non-hydrogen) atoms. The number of carbonyl (C=O) groups excluding carboxylic acids is 1. The minimum atomic E-state index is -0.353. The molecule has 8 heteroatoms. The van der Waals surface area contributed by atoms with Crippen LogP contribution in [0, 0.1) is 17.7 Å². The van der Waals surface area contributed by atoms with Gasteiger partial charge in [0.15, 0.2) is 0 Å². The molecule has 190 valence electrons. The minimum Gasteiger partial charge on any atom is -0.472 e. The van der Waals surface area contributed by atoms with Gasteiger partial charge in [-0.3, -0.25) is 4.79 Å². The molecular formula is C27H36FN3O4.